The molecule has 23 heavy (non-hydrogen) atoms. The van der Waals surface area contributed by atoms with Crippen molar-refractivity contribution < 1.29 is 22.3 Å². The molecule has 3 N–H and O–H groups in total. The minimum absolute atomic E-state index is 0.0482. The van der Waals surface area contributed by atoms with Crippen molar-refractivity contribution in [1.82, 2.24) is 0 Å². The SMILES string of the molecule is NS(=O)(=O)c1ccc(NC(=O)COc2ccc(Br)cc2F)cc1. The van der Waals surface area contributed by atoms with Gasteiger partial charge in [0.2, 0.25) is 10.0 Å². The fourth-order valence-electron chi connectivity index (χ4n) is 1.66. The predicted molar refractivity (Wildman–Crippen MR) is 86.0 cm³/mol. The Morgan fingerprint density at radius 2 is 1.87 bits per heavy atom. The first-order valence-electron chi connectivity index (χ1n) is 6.26. The molecule has 0 radical (unpaired) electrons. The second-order valence-electron chi connectivity index (χ2n) is 4.48. The van der Waals surface area contributed by atoms with Crippen LogP contribution in [0.2, 0.25) is 0 Å². The molecular weight excluding hydrogens is 391 g/mol. The summed E-state index contributed by atoms with van der Waals surface area (Å²) in [5.41, 5.74) is 0.363. The van der Waals surface area contributed by atoms with Crippen LogP contribution < -0.4 is 15.2 Å². The minimum atomic E-state index is -3.79. The zero-order chi connectivity index (χ0) is 17.0. The number of ether oxygens (including phenoxy) is 1. The molecule has 9 heteroatoms. The average Bonchev–Trinajstić information content (AvgIpc) is 2.46. The lowest BCUT2D eigenvalue weighted by Gasteiger charge is -2.09. The summed E-state index contributed by atoms with van der Waals surface area (Å²) in [5.74, 6) is -1.16. The van der Waals surface area contributed by atoms with Gasteiger partial charge in [0.15, 0.2) is 18.2 Å². The van der Waals surface area contributed by atoms with Crippen molar-refractivity contribution in [2.45, 2.75) is 4.90 Å². The first kappa shape index (κ1) is 17.4. The quantitative estimate of drug-likeness (QED) is 0.800. The third kappa shape index (κ3) is 5.02. The van der Waals surface area contributed by atoms with Crippen molar-refractivity contribution in [1.29, 1.82) is 0 Å². The van der Waals surface area contributed by atoms with Crippen LogP contribution >= 0.6 is 15.9 Å². The number of primary sulfonamides is 1. The fraction of sp³-hybridized carbons (Fsp3) is 0.0714. The molecule has 0 saturated carbocycles. The molecule has 0 spiro atoms. The molecule has 2 aromatic carbocycles. The summed E-state index contributed by atoms with van der Waals surface area (Å²) in [7, 11) is -3.79. The first-order chi connectivity index (χ1) is 10.8. The number of anilines is 1. The molecule has 122 valence electrons. The number of sulfonamides is 1. The molecule has 0 aliphatic carbocycles. The van der Waals surface area contributed by atoms with Gasteiger partial charge in [-0.05, 0) is 42.5 Å². The van der Waals surface area contributed by atoms with Gasteiger partial charge in [0.25, 0.3) is 5.91 Å². The van der Waals surface area contributed by atoms with E-state index in [9.17, 15) is 17.6 Å². The van der Waals surface area contributed by atoms with E-state index >= 15 is 0 Å². The summed E-state index contributed by atoms with van der Waals surface area (Å²) in [6.07, 6.45) is 0. The molecule has 0 saturated heterocycles. The highest BCUT2D eigenvalue weighted by atomic mass is 79.9. The van der Waals surface area contributed by atoms with Gasteiger partial charge in [-0.2, -0.15) is 0 Å². The van der Waals surface area contributed by atoms with Crippen molar-refractivity contribution in [2.24, 2.45) is 5.14 Å². The topological polar surface area (TPSA) is 98.5 Å². The number of rotatable bonds is 5. The molecule has 0 heterocycles. The molecule has 2 aromatic rings. The summed E-state index contributed by atoms with van der Waals surface area (Å²) < 4.78 is 41.4. The Kier molecular flexibility index (Phi) is 5.34. The standard InChI is InChI=1S/C14H12BrFN2O4S/c15-9-1-6-13(12(16)7-9)22-8-14(19)18-10-2-4-11(5-3-10)23(17,20)21/h1-7H,8H2,(H,18,19)(H2,17,20,21). The van der Waals surface area contributed by atoms with E-state index in [1.807, 2.05) is 0 Å². The largest absolute Gasteiger partial charge is 0.481 e. The highest BCUT2D eigenvalue weighted by molar-refractivity contribution is 9.10. The van der Waals surface area contributed by atoms with Gasteiger partial charge in [-0.1, -0.05) is 15.9 Å². The maximum absolute atomic E-state index is 13.5. The van der Waals surface area contributed by atoms with E-state index in [4.69, 9.17) is 9.88 Å². The van der Waals surface area contributed by atoms with Crippen LogP contribution in [-0.4, -0.2) is 20.9 Å². The second kappa shape index (κ2) is 7.07. The molecule has 0 bridgehead atoms. The zero-order valence-corrected chi connectivity index (χ0v) is 14.0. The van der Waals surface area contributed by atoms with Crippen LogP contribution in [-0.2, 0) is 14.8 Å². The number of amides is 1. The van der Waals surface area contributed by atoms with Crippen molar-refractivity contribution in [3.63, 3.8) is 0 Å². The smallest absolute Gasteiger partial charge is 0.262 e. The van der Waals surface area contributed by atoms with Crippen molar-refractivity contribution in [2.75, 3.05) is 11.9 Å². The van der Waals surface area contributed by atoms with Crippen molar-refractivity contribution in [3.8, 4) is 5.75 Å². The third-order valence-electron chi connectivity index (χ3n) is 2.72. The van der Waals surface area contributed by atoms with E-state index in [1.54, 1.807) is 6.07 Å². The van der Waals surface area contributed by atoms with Gasteiger partial charge in [0, 0.05) is 10.2 Å². The number of benzene rings is 2. The Bertz CT molecular complexity index is 825. The van der Waals surface area contributed by atoms with Crippen LogP contribution in [0.5, 0.6) is 5.75 Å². The van der Waals surface area contributed by atoms with Gasteiger partial charge in [-0.25, -0.2) is 17.9 Å². The number of nitrogens with one attached hydrogen (secondary N) is 1. The van der Waals surface area contributed by atoms with E-state index in [-0.39, 0.29) is 10.6 Å². The summed E-state index contributed by atoms with van der Waals surface area (Å²) in [6, 6.07) is 9.51. The number of carbonyl (C=O) groups is 1. The second-order valence-corrected chi connectivity index (χ2v) is 6.96. The summed E-state index contributed by atoms with van der Waals surface area (Å²) in [6.45, 7) is -0.393. The maximum atomic E-state index is 13.5. The predicted octanol–water partition coefficient (Wildman–Crippen LogP) is 2.25. The van der Waals surface area contributed by atoms with Crippen LogP contribution in [0, 0.1) is 5.82 Å². The lowest BCUT2D eigenvalue weighted by molar-refractivity contribution is -0.118. The Morgan fingerprint density at radius 1 is 1.22 bits per heavy atom. The third-order valence-corrected chi connectivity index (χ3v) is 4.14. The Morgan fingerprint density at radius 3 is 2.43 bits per heavy atom. The van der Waals surface area contributed by atoms with E-state index in [1.165, 1.54) is 36.4 Å². The monoisotopic (exact) mass is 402 g/mol. The summed E-state index contributed by atoms with van der Waals surface area (Å²) in [5, 5.41) is 7.46. The van der Waals surface area contributed by atoms with Gasteiger partial charge in [0.1, 0.15) is 0 Å². The highest BCUT2D eigenvalue weighted by Crippen LogP contribution is 2.21. The van der Waals surface area contributed by atoms with Crippen molar-refractivity contribution >= 4 is 37.5 Å². The minimum Gasteiger partial charge on any atom is -0.481 e. The maximum Gasteiger partial charge on any atom is 0.262 e. The van der Waals surface area contributed by atoms with E-state index < -0.39 is 28.4 Å². The lowest BCUT2D eigenvalue weighted by Crippen LogP contribution is -2.20. The van der Waals surface area contributed by atoms with Crippen LogP contribution in [0.1, 0.15) is 0 Å². The Balaban J connectivity index is 1.94. The normalized spacial score (nSPS) is 11.1. The molecule has 6 nitrogen and oxygen atoms in total. The summed E-state index contributed by atoms with van der Waals surface area (Å²) in [4.78, 5) is 11.7. The first-order valence-corrected chi connectivity index (χ1v) is 8.60. The van der Waals surface area contributed by atoms with Gasteiger partial charge >= 0.3 is 0 Å². The average molecular weight is 403 g/mol. The van der Waals surface area contributed by atoms with Crippen LogP contribution in [0.4, 0.5) is 10.1 Å². The molecule has 2 rings (SSSR count). The lowest BCUT2D eigenvalue weighted by atomic mass is 10.3. The van der Waals surface area contributed by atoms with Crippen LogP contribution in [0.25, 0.3) is 0 Å². The molecule has 0 aliphatic rings. The van der Waals surface area contributed by atoms with Crippen LogP contribution in [0.3, 0.4) is 0 Å². The molecule has 0 unspecified atom stereocenters. The van der Waals surface area contributed by atoms with Gasteiger partial charge in [-0.3, -0.25) is 4.79 Å². The number of halogens is 2. The highest BCUT2D eigenvalue weighted by Gasteiger charge is 2.10. The number of carbonyl (C=O) groups excluding carboxylic acids is 1. The number of hydrogen-bond acceptors (Lipinski definition) is 4. The summed E-state index contributed by atoms with van der Waals surface area (Å²) >= 11 is 3.11. The fourth-order valence-corrected chi connectivity index (χ4v) is 2.51. The van der Waals surface area contributed by atoms with E-state index in [2.05, 4.69) is 21.2 Å². The Labute approximate surface area is 140 Å². The molecule has 0 atom stereocenters. The number of nitrogens with two attached hydrogens (primary N) is 1. The van der Waals surface area contributed by atoms with E-state index in [0.717, 1.165) is 0 Å². The molecular formula is C14H12BrFN2O4S. The Hall–Kier alpha value is -1.97. The number of hydrogen-bond donors (Lipinski definition) is 2. The zero-order valence-electron chi connectivity index (χ0n) is 11.6. The van der Waals surface area contributed by atoms with Gasteiger partial charge < -0.3 is 10.1 Å². The molecule has 1 amide bonds. The van der Waals surface area contributed by atoms with Crippen LogP contribution in [0.15, 0.2) is 51.8 Å². The molecule has 0 aromatic heterocycles. The van der Waals surface area contributed by atoms with E-state index in [0.29, 0.717) is 10.2 Å². The van der Waals surface area contributed by atoms with Gasteiger partial charge in [-0.15, -0.1) is 0 Å². The molecule has 0 fully saturated rings. The van der Waals surface area contributed by atoms with Crippen molar-refractivity contribution in [3.05, 3.63) is 52.8 Å². The van der Waals surface area contributed by atoms with Gasteiger partial charge in [0.05, 0.1) is 4.90 Å². The molecule has 0 aliphatic heterocycles.